The molecule has 0 amide bonds. The van der Waals surface area contributed by atoms with Crippen LogP contribution in [0.4, 0.5) is 5.82 Å². The molecule has 4 heteroatoms. The molecule has 0 unspecified atom stereocenters. The lowest BCUT2D eigenvalue weighted by Crippen LogP contribution is -2.30. The standard InChI is InChI=1S/C15H20ClN3/c1-11-3-2-6-19(10-11)15-7-12(14(16)9-18-15)8-17-13-4-5-13/h3,7,9,13,17H,2,4-6,8,10H2,1H3. The van der Waals surface area contributed by atoms with Gasteiger partial charge in [0.1, 0.15) is 5.82 Å². The van der Waals surface area contributed by atoms with Crippen molar-refractivity contribution in [3.8, 4) is 0 Å². The lowest BCUT2D eigenvalue weighted by Gasteiger charge is -2.27. The second kappa shape index (κ2) is 5.51. The number of hydrogen-bond donors (Lipinski definition) is 1. The van der Waals surface area contributed by atoms with E-state index < -0.39 is 0 Å². The zero-order chi connectivity index (χ0) is 13.2. The van der Waals surface area contributed by atoms with Crippen molar-refractivity contribution in [1.82, 2.24) is 10.3 Å². The van der Waals surface area contributed by atoms with E-state index >= 15 is 0 Å². The van der Waals surface area contributed by atoms with E-state index in [0.29, 0.717) is 6.04 Å². The maximum absolute atomic E-state index is 6.24. The number of anilines is 1. The van der Waals surface area contributed by atoms with Gasteiger partial charge >= 0.3 is 0 Å². The Balaban J connectivity index is 1.73. The van der Waals surface area contributed by atoms with E-state index in [1.54, 1.807) is 6.20 Å². The first-order valence-electron chi connectivity index (χ1n) is 7.01. The van der Waals surface area contributed by atoms with Crippen LogP contribution in [0.15, 0.2) is 23.9 Å². The van der Waals surface area contributed by atoms with Crippen molar-refractivity contribution >= 4 is 17.4 Å². The molecule has 1 saturated carbocycles. The molecule has 19 heavy (non-hydrogen) atoms. The van der Waals surface area contributed by atoms with Gasteiger partial charge < -0.3 is 10.2 Å². The average Bonchev–Trinajstić information content (AvgIpc) is 3.22. The maximum atomic E-state index is 6.24. The minimum absolute atomic E-state index is 0.702. The summed E-state index contributed by atoms with van der Waals surface area (Å²) in [7, 11) is 0. The highest BCUT2D eigenvalue weighted by Crippen LogP contribution is 2.25. The third kappa shape index (κ3) is 3.28. The molecular formula is C15H20ClN3. The van der Waals surface area contributed by atoms with Gasteiger partial charge in [0.05, 0.1) is 5.02 Å². The first-order valence-corrected chi connectivity index (χ1v) is 7.38. The van der Waals surface area contributed by atoms with Gasteiger partial charge in [-0.25, -0.2) is 4.98 Å². The summed E-state index contributed by atoms with van der Waals surface area (Å²) in [5.74, 6) is 1.05. The Morgan fingerprint density at radius 2 is 2.32 bits per heavy atom. The molecule has 2 aliphatic rings. The minimum Gasteiger partial charge on any atom is -0.352 e. The van der Waals surface area contributed by atoms with Crippen molar-refractivity contribution in [2.75, 3.05) is 18.0 Å². The molecule has 1 aromatic heterocycles. The monoisotopic (exact) mass is 277 g/mol. The maximum Gasteiger partial charge on any atom is 0.129 e. The Kier molecular flexibility index (Phi) is 3.76. The number of pyridine rings is 1. The van der Waals surface area contributed by atoms with E-state index in [9.17, 15) is 0 Å². The van der Waals surface area contributed by atoms with Gasteiger partial charge in [0, 0.05) is 31.9 Å². The first kappa shape index (κ1) is 12.9. The van der Waals surface area contributed by atoms with Gasteiger partial charge in [0.25, 0.3) is 0 Å². The van der Waals surface area contributed by atoms with E-state index in [2.05, 4.69) is 34.3 Å². The number of nitrogens with zero attached hydrogens (tertiary/aromatic N) is 2. The van der Waals surface area contributed by atoms with Crippen LogP contribution in [0.2, 0.25) is 5.02 Å². The largest absolute Gasteiger partial charge is 0.352 e. The summed E-state index contributed by atoms with van der Waals surface area (Å²) in [6.07, 6.45) is 7.79. The van der Waals surface area contributed by atoms with Crippen LogP contribution in [0, 0.1) is 0 Å². The average molecular weight is 278 g/mol. The summed E-state index contributed by atoms with van der Waals surface area (Å²) < 4.78 is 0. The normalized spacial score (nSPS) is 19.5. The molecule has 1 fully saturated rings. The molecule has 1 N–H and O–H groups in total. The third-order valence-electron chi connectivity index (χ3n) is 3.73. The zero-order valence-corrected chi connectivity index (χ0v) is 12.1. The van der Waals surface area contributed by atoms with Crippen LogP contribution in [0.5, 0.6) is 0 Å². The minimum atomic E-state index is 0.702. The molecule has 1 aliphatic heterocycles. The van der Waals surface area contributed by atoms with Gasteiger partial charge in [0.2, 0.25) is 0 Å². The Morgan fingerprint density at radius 3 is 3.05 bits per heavy atom. The van der Waals surface area contributed by atoms with Crippen LogP contribution in [-0.4, -0.2) is 24.1 Å². The van der Waals surface area contributed by atoms with E-state index in [-0.39, 0.29) is 0 Å². The molecule has 102 valence electrons. The SMILES string of the molecule is CC1=CCCN(c2cc(CNC3CC3)c(Cl)cn2)C1. The molecule has 0 spiro atoms. The lowest BCUT2D eigenvalue weighted by atomic mass is 10.1. The highest BCUT2D eigenvalue weighted by molar-refractivity contribution is 6.31. The predicted octanol–water partition coefficient (Wildman–Crippen LogP) is 3.14. The van der Waals surface area contributed by atoms with Crippen LogP contribution < -0.4 is 10.2 Å². The molecule has 1 aromatic rings. The first-order chi connectivity index (χ1) is 9.22. The number of nitrogens with one attached hydrogen (secondary N) is 1. The van der Waals surface area contributed by atoms with E-state index in [0.717, 1.165) is 42.5 Å². The molecule has 2 heterocycles. The fourth-order valence-electron chi connectivity index (χ4n) is 2.42. The third-order valence-corrected chi connectivity index (χ3v) is 4.08. The van der Waals surface area contributed by atoms with E-state index in [4.69, 9.17) is 11.6 Å². The number of hydrogen-bond acceptors (Lipinski definition) is 3. The summed E-state index contributed by atoms with van der Waals surface area (Å²) >= 11 is 6.24. The van der Waals surface area contributed by atoms with Crippen molar-refractivity contribution in [1.29, 1.82) is 0 Å². The van der Waals surface area contributed by atoms with Crippen LogP contribution in [-0.2, 0) is 6.54 Å². The summed E-state index contributed by atoms with van der Waals surface area (Å²) in [5.41, 5.74) is 2.58. The Hall–Kier alpha value is -1.06. The van der Waals surface area contributed by atoms with Crippen molar-refractivity contribution in [3.63, 3.8) is 0 Å². The van der Waals surface area contributed by atoms with E-state index in [1.165, 1.54) is 18.4 Å². The highest BCUT2D eigenvalue weighted by Gasteiger charge is 2.21. The summed E-state index contributed by atoms with van der Waals surface area (Å²) in [6, 6.07) is 2.84. The summed E-state index contributed by atoms with van der Waals surface area (Å²) in [5, 5.41) is 4.28. The van der Waals surface area contributed by atoms with Gasteiger partial charge in [-0.3, -0.25) is 0 Å². The lowest BCUT2D eigenvalue weighted by molar-refractivity contribution is 0.686. The molecule has 0 bridgehead atoms. The predicted molar refractivity (Wildman–Crippen MR) is 79.7 cm³/mol. The van der Waals surface area contributed by atoms with Crippen molar-refractivity contribution in [3.05, 3.63) is 34.5 Å². The van der Waals surface area contributed by atoms with Gasteiger partial charge in [-0.15, -0.1) is 0 Å². The molecular weight excluding hydrogens is 258 g/mol. The van der Waals surface area contributed by atoms with E-state index in [1.807, 2.05) is 0 Å². The second-order valence-electron chi connectivity index (χ2n) is 5.55. The van der Waals surface area contributed by atoms with Crippen molar-refractivity contribution in [2.45, 2.75) is 38.8 Å². The molecule has 0 aromatic carbocycles. The van der Waals surface area contributed by atoms with Crippen LogP contribution in [0.1, 0.15) is 31.7 Å². The highest BCUT2D eigenvalue weighted by atomic mass is 35.5. The van der Waals surface area contributed by atoms with Crippen molar-refractivity contribution < 1.29 is 0 Å². The fraction of sp³-hybridized carbons (Fsp3) is 0.533. The molecule has 0 atom stereocenters. The molecule has 0 saturated heterocycles. The molecule has 3 rings (SSSR count). The Bertz CT molecular complexity index is 494. The van der Waals surface area contributed by atoms with Gasteiger partial charge in [-0.05, 0) is 37.8 Å². The summed E-state index contributed by atoms with van der Waals surface area (Å²) in [4.78, 5) is 6.80. The Labute approximate surface area is 119 Å². The smallest absolute Gasteiger partial charge is 0.129 e. The number of aromatic nitrogens is 1. The quantitative estimate of drug-likeness (QED) is 0.857. The second-order valence-corrected chi connectivity index (χ2v) is 5.96. The molecule has 0 radical (unpaired) electrons. The van der Waals surface area contributed by atoms with Gasteiger partial charge in [0.15, 0.2) is 0 Å². The van der Waals surface area contributed by atoms with Gasteiger partial charge in [-0.1, -0.05) is 23.3 Å². The topological polar surface area (TPSA) is 28.2 Å². The molecule has 3 nitrogen and oxygen atoms in total. The summed E-state index contributed by atoms with van der Waals surface area (Å²) in [6.45, 7) is 5.05. The van der Waals surface area contributed by atoms with Crippen LogP contribution in [0.3, 0.4) is 0 Å². The zero-order valence-electron chi connectivity index (χ0n) is 11.3. The molecule has 1 aliphatic carbocycles. The fourth-order valence-corrected chi connectivity index (χ4v) is 2.60. The Morgan fingerprint density at radius 1 is 1.47 bits per heavy atom. The van der Waals surface area contributed by atoms with Crippen LogP contribution >= 0.6 is 11.6 Å². The van der Waals surface area contributed by atoms with Gasteiger partial charge in [-0.2, -0.15) is 0 Å². The number of halogens is 1. The van der Waals surface area contributed by atoms with Crippen molar-refractivity contribution in [2.24, 2.45) is 0 Å². The number of rotatable bonds is 4. The van der Waals surface area contributed by atoms with Crippen LogP contribution in [0.25, 0.3) is 0 Å².